The predicted octanol–water partition coefficient (Wildman–Crippen LogP) is 17.9. The van der Waals surface area contributed by atoms with E-state index in [9.17, 15) is 51.5 Å². The van der Waals surface area contributed by atoms with E-state index >= 15 is 0 Å². The summed E-state index contributed by atoms with van der Waals surface area (Å²) in [6.45, 7) is 22.7. The second-order valence-electron chi connectivity index (χ2n) is 33.9. The van der Waals surface area contributed by atoms with E-state index < -0.39 is 11.6 Å². The highest BCUT2D eigenvalue weighted by Crippen LogP contribution is 2.38. The minimum absolute atomic E-state index is 0.0565. The van der Waals surface area contributed by atoms with Crippen LogP contribution in [0.5, 0.6) is 23.0 Å². The van der Waals surface area contributed by atoms with Gasteiger partial charge in [0.25, 0.3) is 0 Å². The molecule has 0 spiro atoms. The van der Waals surface area contributed by atoms with Crippen molar-refractivity contribution in [2.45, 2.75) is 90.1 Å². The van der Waals surface area contributed by atoms with Crippen LogP contribution in [0.3, 0.4) is 0 Å². The van der Waals surface area contributed by atoms with Crippen molar-refractivity contribution in [1.29, 1.82) is 0 Å². The number of carbonyl (C=O) groups is 4. The van der Waals surface area contributed by atoms with Crippen molar-refractivity contribution in [2.75, 3.05) is 52.4 Å². The Morgan fingerprint density at radius 2 is 0.695 bits per heavy atom. The number of carbonyl (C=O) groups excluding carboxylic acids is 4. The van der Waals surface area contributed by atoms with E-state index in [2.05, 4.69) is 51.2 Å². The number of amides is 4. The Bertz CT molecular complexity index is 7790. The van der Waals surface area contributed by atoms with E-state index in [4.69, 9.17) is 65.4 Å². The molecule has 0 saturated carbocycles. The van der Waals surface area contributed by atoms with Crippen molar-refractivity contribution in [2.24, 2.45) is 0 Å². The number of rotatable bonds is 24. The third-order valence-electron chi connectivity index (χ3n) is 25.0. The molecule has 0 unspecified atom stereocenters. The lowest BCUT2D eigenvalue weighted by atomic mass is 10.1. The fourth-order valence-corrected chi connectivity index (χ4v) is 19.1. The van der Waals surface area contributed by atoms with Gasteiger partial charge in [-0.05, 0) is 220 Å². The monoisotopic (exact) mass is 1980 g/mol. The summed E-state index contributed by atoms with van der Waals surface area (Å²) in [6.07, 6.45) is 22.7. The van der Waals surface area contributed by atoms with Gasteiger partial charge in [-0.2, -0.15) is 0 Å². The lowest BCUT2D eigenvalue weighted by molar-refractivity contribution is -0.125. The zero-order valence-electron chi connectivity index (χ0n) is 76.3. The predicted molar refractivity (Wildman–Crippen MR) is 533 cm³/mol. The van der Waals surface area contributed by atoms with Crippen molar-refractivity contribution in [3.05, 3.63) is 395 Å². The largest absolute Gasteiger partial charge is 0.487 e. The molecule has 4 saturated heterocycles. The highest BCUT2D eigenvalue weighted by atomic mass is 35.5. The summed E-state index contributed by atoms with van der Waals surface area (Å²) in [5.74, 6) is -0.327. The average Bonchev–Trinajstić information content (AvgIpc) is 1.61. The highest BCUT2D eigenvalue weighted by Gasteiger charge is 2.36. The number of likely N-dealkylation sites (tertiary alicyclic amines) is 4. The van der Waals surface area contributed by atoms with Crippen LogP contribution in [0, 0.1) is 31.3 Å². The molecule has 36 heteroatoms. The Hall–Kier alpha value is -15.6. The van der Waals surface area contributed by atoms with E-state index in [0.717, 1.165) is 51.6 Å². The Balaban J connectivity index is 0.000000130. The fourth-order valence-electron chi connectivity index (χ4n) is 18.1. The first kappa shape index (κ1) is 97.0. The second kappa shape index (κ2) is 42.8. The van der Waals surface area contributed by atoms with Crippen LogP contribution in [0.25, 0.3) is 66.9 Å². The van der Waals surface area contributed by atoms with Gasteiger partial charge in [0.2, 0.25) is 23.6 Å². The first-order chi connectivity index (χ1) is 68.2. The van der Waals surface area contributed by atoms with Crippen LogP contribution in [0.1, 0.15) is 83.4 Å². The molecular weight excluding hydrogens is 1890 g/mol. The molecule has 0 bridgehead atoms. The zero-order valence-corrected chi connectivity index (χ0v) is 79.4. The highest BCUT2D eigenvalue weighted by molar-refractivity contribution is 6.33. The first-order valence-electron chi connectivity index (χ1n) is 45.0. The van der Waals surface area contributed by atoms with Gasteiger partial charge in [0, 0.05) is 88.9 Å². The number of nitrogens with zero attached hydrogens (tertiary/aromatic N) is 17. The molecule has 7 aromatic carbocycles. The molecule has 16 aromatic rings. The number of aromatic nitrogens is 13. The summed E-state index contributed by atoms with van der Waals surface area (Å²) in [5, 5.41) is 1.31. The van der Waals surface area contributed by atoms with Gasteiger partial charge in [0.1, 0.15) is 66.9 Å². The number of benzene rings is 7. The van der Waals surface area contributed by atoms with E-state index in [-0.39, 0.29) is 113 Å². The molecule has 4 aliphatic heterocycles. The third kappa shape index (κ3) is 20.8. The van der Waals surface area contributed by atoms with Crippen LogP contribution in [-0.4, -0.2) is 157 Å². The third-order valence-corrected chi connectivity index (χ3v) is 26.1. The summed E-state index contributed by atoms with van der Waals surface area (Å²) < 4.78 is 77.4. The van der Waals surface area contributed by atoms with Gasteiger partial charge < -0.3 is 38.5 Å². The molecule has 4 amide bonds. The number of fused-ring (bicyclic) bond motifs is 4. The normalized spacial score (nSPS) is 15.5. The number of hydrogen-bond acceptors (Lipinski definition) is 17. The van der Waals surface area contributed by atoms with Crippen LogP contribution >= 0.6 is 46.4 Å². The molecule has 9 aromatic heterocycles. The summed E-state index contributed by atoms with van der Waals surface area (Å²) in [6, 6.07) is 48.6. The molecule has 29 nitrogen and oxygen atoms in total. The molecule has 4 fully saturated rings. The maximum Gasteiger partial charge on any atom is 0.334 e. The Morgan fingerprint density at radius 3 is 1.02 bits per heavy atom. The number of hydrogen-bond donors (Lipinski definition) is 0. The van der Waals surface area contributed by atoms with Gasteiger partial charge in [-0.1, -0.05) is 115 Å². The van der Waals surface area contributed by atoms with Crippen LogP contribution < -0.4 is 41.7 Å². The Labute approximate surface area is 824 Å². The topological polar surface area (TPSA) is 290 Å². The Morgan fingerprint density at radius 1 is 0.355 bits per heavy atom. The first-order valence-corrected chi connectivity index (χ1v) is 46.6. The molecule has 0 radical (unpaired) electrons. The maximum atomic E-state index is 13.9. The van der Waals surface area contributed by atoms with Gasteiger partial charge in [0.05, 0.1) is 142 Å². The van der Waals surface area contributed by atoms with E-state index in [1.54, 1.807) is 186 Å². The molecule has 4 atom stereocenters. The molecule has 0 N–H and O–H groups in total. The van der Waals surface area contributed by atoms with Gasteiger partial charge in [0.15, 0.2) is 0 Å². The molecule has 718 valence electrons. The molecule has 13 heterocycles. The number of ether oxygens (including phenoxy) is 4. The quantitative estimate of drug-likeness (QED) is 0.0508. The number of aryl methyl sites for hydroxylation is 2. The summed E-state index contributed by atoms with van der Waals surface area (Å²) in [5.41, 5.74) is 11.4. The van der Waals surface area contributed by atoms with E-state index in [1.165, 1.54) is 46.6 Å². The van der Waals surface area contributed by atoms with Crippen LogP contribution in [0.15, 0.2) is 301 Å². The number of halogens is 7. The van der Waals surface area contributed by atoms with Gasteiger partial charge >= 0.3 is 22.8 Å². The number of imidazole rings is 4. The van der Waals surface area contributed by atoms with Crippen LogP contribution in [0.2, 0.25) is 20.1 Å². The van der Waals surface area contributed by atoms with Crippen LogP contribution in [-0.2, 0) is 45.6 Å². The minimum Gasteiger partial charge on any atom is -0.487 e. The van der Waals surface area contributed by atoms with Crippen molar-refractivity contribution in [3.8, 4) is 45.7 Å². The van der Waals surface area contributed by atoms with Crippen molar-refractivity contribution in [1.82, 2.24) is 81.1 Å². The van der Waals surface area contributed by atoms with Crippen molar-refractivity contribution in [3.63, 3.8) is 0 Å². The van der Waals surface area contributed by atoms with Crippen LogP contribution in [0.4, 0.5) is 13.2 Å². The smallest absolute Gasteiger partial charge is 0.334 e. The molecule has 0 aliphatic carbocycles. The standard InChI is InChI=1S/C27H24ClFN4O3.C27H25ClN4O3.C26H21ClF2N4O3.C25H22ClN5O3/c1-3-26(34)31-9-7-21(15-31)33-23-6-8-30-14-24(23)32(27(33)35)20-4-5-25(22(28)13-20)36-16-18-10-17(2)11-19(29)12-18;1-3-26(33)30-13-11-21(16-30)32-23-10-12-29-15-24(23)31(27(32)34)20-8-9-25(22(28)14-20)35-17-19-6-4-18(2)5-7-19;1-2-25(34)31-10-8-19(14-31)33-22-7-9-30-13-23(22)32(26(33)35)18-4-6-24(20(27)12-18)36-15-16-11-17(28)3-5-21(16)29;1-2-24(32)29-12-9-19(15-29)31-21-8-11-27-14-22(21)30(25(31)33)18-6-7-23(20(26)13-18)34-16-17-5-3-4-10-28-17/h3-6,8,10-14,21H,1,7,9,15-16H2,2H3;3-10,12,14-15,21H,1,11,13,16-17H2,2H3;2-7,9,11-13,19H,1,8,10,14-15H2;2-8,10-11,13-14,19H,1,9,12,15-16H2/t2*21-;2*19-/m1111/s1. The average molecular weight is 1980 g/mol. The lowest BCUT2D eigenvalue weighted by Gasteiger charge is -2.15. The maximum absolute atomic E-state index is 13.9. The lowest BCUT2D eigenvalue weighted by Crippen LogP contribution is -2.31. The summed E-state index contributed by atoms with van der Waals surface area (Å²) in [4.78, 5) is 131. The van der Waals surface area contributed by atoms with Crippen molar-refractivity contribution >= 4 is 114 Å². The van der Waals surface area contributed by atoms with Gasteiger partial charge in [-0.15, -0.1) is 0 Å². The summed E-state index contributed by atoms with van der Waals surface area (Å²) >= 11 is 26.0. The minimum atomic E-state index is -0.587. The van der Waals surface area contributed by atoms with Crippen molar-refractivity contribution < 1.29 is 51.3 Å². The fraction of sp³-hybridized carbons (Fsp3) is 0.210. The van der Waals surface area contributed by atoms with Gasteiger partial charge in [-0.25, -0.2) is 32.3 Å². The van der Waals surface area contributed by atoms with E-state index in [1.807, 2.05) is 80.6 Å². The molecule has 20 rings (SSSR count). The van der Waals surface area contributed by atoms with E-state index in [0.29, 0.717) is 173 Å². The molecule has 141 heavy (non-hydrogen) atoms. The Kier molecular flexibility index (Phi) is 29.4. The molecular formula is C105H92Cl4F3N17O12. The zero-order chi connectivity index (χ0) is 99.0. The SMILES string of the molecule is C=CC(=O)N1CC[C@@H](n2c(=O)n(-c3ccc(OCc4cc(C)cc(F)c4)c(Cl)c3)c3cnccc32)C1.C=CC(=O)N1CC[C@@H](n2c(=O)n(-c3ccc(OCc4cc(F)ccc4F)c(Cl)c3)c3cnccc32)C1.C=CC(=O)N1CC[C@@H](n2c(=O)n(-c3ccc(OCc4ccc(C)cc4)c(Cl)c3)c3cnccc32)C1.C=CC(=O)N1CC[C@@H](n2c(=O)n(-c3ccc(OCc4ccccn4)c(Cl)c3)c3cnccc32)C1. The summed E-state index contributed by atoms with van der Waals surface area (Å²) in [7, 11) is 0. The number of pyridine rings is 5. The van der Waals surface area contributed by atoms with Gasteiger partial charge in [-0.3, -0.25) is 80.6 Å². The second-order valence-corrected chi connectivity index (χ2v) is 35.6. The molecule has 4 aliphatic rings.